The summed E-state index contributed by atoms with van der Waals surface area (Å²) in [5.74, 6) is 1.77. The van der Waals surface area contributed by atoms with Crippen molar-refractivity contribution in [2.75, 3.05) is 13.2 Å². The summed E-state index contributed by atoms with van der Waals surface area (Å²) >= 11 is 0. The Labute approximate surface area is 241 Å². The third-order valence-corrected chi connectivity index (χ3v) is 6.66. The monoisotopic (exact) mass is 556 g/mol. The van der Waals surface area contributed by atoms with E-state index in [2.05, 4.69) is 19.9 Å². The molecule has 4 rings (SSSR count). The molecule has 3 aromatic rings. The van der Waals surface area contributed by atoms with Crippen LogP contribution in [-0.4, -0.2) is 25.3 Å². The number of rotatable bonds is 11. The van der Waals surface area contributed by atoms with Gasteiger partial charge in [-0.3, -0.25) is 0 Å². The van der Waals surface area contributed by atoms with Crippen LogP contribution in [0.2, 0.25) is 0 Å². The van der Waals surface area contributed by atoms with Crippen molar-refractivity contribution >= 4 is 5.97 Å². The summed E-state index contributed by atoms with van der Waals surface area (Å²) in [5, 5.41) is 9.95. The fraction of sp³-hybridized carbons (Fsp3) is 0.333. The van der Waals surface area contributed by atoms with Crippen LogP contribution in [0.15, 0.2) is 72.1 Å². The minimum atomic E-state index is -0.842. The van der Waals surface area contributed by atoms with E-state index in [1.807, 2.05) is 56.3 Å². The lowest BCUT2D eigenvalue weighted by Gasteiger charge is -2.27. The molecular weight excluding hydrogens is 520 g/mol. The van der Waals surface area contributed by atoms with Crippen LogP contribution >= 0.6 is 0 Å². The van der Waals surface area contributed by atoms with Crippen LogP contribution in [0.5, 0.6) is 28.7 Å². The van der Waals surface area contributed by atoms with E-state index >= 15 is 0 Å². The zero-order valence-electron chi connectivity index (χ0n) is 24.1. The minimum absolute atomic E-state index is 0.0145. The molecule has 0 saturated carbocycles. The van der Waals surface area contributed by atoms with E-state index in [9.17, 15) is 10.1 Å². The van der Waals surface area contributed by atoms with E-state index in [4.69, 9.17) is 29.4 Å². The van der Waals surface area contributed by atoms with Gasteiger partial charge in [-0.05, 0) is 67.6 Å². The first-order valence-corrected chi connectivity index (χ1v) is 13.8. The molecule has 0 amide bonds. The maximum Gasteiger partial charge on any atom is 0.352 e. The Balaban J connectivity index is 1.57. The molecule has 8 nitrogen and oxygen atoms in total. The molecule has 1 aliphatic heterocycles. The lowest BCUT2D eigenvalue weighted by Crippen LogP contribution is -2.28. The van der Waals surface area contributed by atoms with Crippen molar-refractivity contribution in [2.45, 2.75) is 59.0 Å². The third-order valence-electron chi connectivity index (χ3n) is 6.66. The van der Waals surface area contributed by atoms with Crippen LogP contribution in [0.3, 0.4) is 0 Å². The lowest BCUT2D eigenvalue weighted by atomic mass is 9.83. The largest absolute Gasteiger partial charge is 0.490 e. The lowest BCUT2D eigenvalue weighted by molar-refractivity contribution is -0.141. The van der Waals surface area contributed by atoms with Gasteiger partial charge < -0.3 is 29.4 Å². The number of benzene rings is 3. The highest BCUT2D eigenvalue weighted by Gasteiger charge is 2.32. The average Bonchev–Trinajstić information content (AvgIpc) is 2.96. The Kier molecular flexibility index (Phi) is 9.41. The average molecular weight is 557 g/mol. The molecule has 214 valence electrons. The van der Waals surface area contributed by atoms with Crippen LogP contribution in [-0.2, 0) is 4.79 Å². The maximum absolute atomic E-state index is 12.8. The van der Waals surface area contributed by atoms with Crippen molar-refractivity contribution in [3.63, 3.8) is 0 Å². The summed E-state index contributed by atoms with van der Waals surface area (Å²) < 4.78 is 28.9. The molecule has 0 aromatic heterocycles. The molecule has 3 aromatic carbocycles. The van der Waals surface area contributed by atoms with Crippen LogP contribution in [0.25, 0.3) is 0 Å². The number of esters is 1. The van der Waals surface area contributed by atoms with Crippen molar-refractivity contribution in [3.8, 4) is 34.8 Å². The molecule has 0 bridgehead atoms. The highest BCUT2D eigenvalue weighted by molar-refractivity contribution is 5.77. The number of hydrogen-bond acceptors (Lipinski definition) is 8. The van der Waals surface area contributed by atoms with Crippen LogP contribution in [0.4, 0.5) is 0 Å². The third kappa shape index (κ3) is 6.75. The molecule has 0 fully saturated rings. The topological polar surface area (TPSA) is 113 Å². The van der Waals surface area contributed by atoms with Gasteiger partial charge in [0.25, 0.3) is 0 Å². The van der Waals surface area contributed by atoms with Gasteiger partial charge in [0.1, 0.15) is 28.9 Å². The highest BCUT2D eigenvalue weighted by Crippen LogP contribution is 2.45. The number of hydrogen-bond donors (Lipinski definition) is 1. The van der Waals surface area contributed by atoms with Gasteiger partial charge in [0.2, 0.25) is 5.88 Å². The second-order valence-corrected chi connectivity index (χ2v) is 10.0. The van der Waals surface area contributed by atoms with Crippen LogP contribution in [0.1, 0.15) is 69.6 Å². The number of nitrogens with zero attached hydrogens (tertiary/aromatic N) is 1. The molecule has 2 unspecified atom stereocenters. The van der Waals surface area contributed by atoms with Crippen molar-refractivity contribution < 1.29 is 28.5 Å². The first-order chi connectivity index (χ1) is 19.7. The summed E-state index contributed by atoms with van der Waals surface area (Å²) in [6, 6.07) is 20.4. The zero-order chi connectivity index (χ0) is 29.5. The van der Waals surface area contributed by atoms with Crippen LogP contribution < -0.4 is 29.4 Å². The summed E-state index contributed by atoms with van der Waals surface area (Å²) in [6.07, 6.45) is 0.0204. The Morgan fingerprint density at radius 3 is 2.37 bits per heavy atom. The van der Waals surface area contributed by atoms with Crippen molar-refractivity contribution in [3.05, 3.63) is 88.8 Å². The molecule has 1 heterocycles. The molecule has 0 radical (unpaired) electrons. The predicted molar refractivity (Wildman–Crippen MR) is 155 cm³/mol. The predicted octanol–water partition coefficient (Wildman–Crippen LogP) is 6.59. The Hall–Kier alpha value is -4.64. The number of fused-ring (bicyclic) bond motifs is 1. The fourth-order valence-corrected chi connectivity index (χ4v) is 4.53. The second-order valence-electron chi connectivity index (χ2n) is 10.0. The van der Waals surface area contributed by atoms with Crippen molar-refractivity contribution in [2.24, 2.45) is 5.73 Å². The fourth-order valence-electron chi connectivity index (χ4n) is 4.53. The minimum Gasteiger partial charge on any atom is -0.490 e. The number of nitrogens with two attached hydrogens (primary N) is 1. The molecule has 0 aliphatic carbocycles. The molecule has 2 N–H and O–H groups in total. The quantitative estimate of drug-likeness (QED) is 0.208. The first kappa shape index (κ1) is 29.3. The highest BCUT2D eigenvalue weighted by atomic mass is 16.6. The number of ether oxygens (including phenoxy) is 5. The van der Waals surface area contributed by atoms with E-state index in [1.54, 1.807) is 25.1 Å². The van der Waals surface area contributed by atoms with Gasteiger partial charge in [-0.1, -0.05) is 45.0 Å². The zero-order valence-corrected chi connectivity index (χ0v) is 24.1. The van der Waals surface area contributed by atoms with E-state index < -0.39 is 18.0 Å². The normalized spacial score (nSPS) is 14.9. The molecule has 41 heavy (non-hydrogen) atoms. The Morgan fingerprint density at radius 1 is 0.976 bits per heavy atom. The SMILES string of the molecule is CCCOc1ccc(C2C(C#N)=C(N)Oc3cc(OC(=O)C(C)Oc4ccc(C(C)C)cc4)ccc32)cc1OCC. The van der Waals surface area contributed by atoms with Gasteiger partial charge in [-0.2, -0.15) is 5.26 Å². The number of carbonyl (C=O) groups excluding carboxylic acids is 1. The van der Waals surface area contributed by atoms with E-state index in [-0.39, 0.29) is 17.2 Å². The molecule has 1 aliphatic rings. The van der Waals surface area contributed by atoms with Gasteiger partial charge in [0.15, 0.2) is 17.6 Å². The second kappa shape index (κ2) is 13.1. The van der Waals surface area contributed by atoms with Gasteiger partial charge in [0.05, 0.1) is 19.1 Å². The first-order valence-electron chi connectivity index (χ1n) is 13.8. The Bertz CT molecular complexity index is 1460. The van der Waals surface area contributed by atoms with E-state index in [0.29, 0.717) is 47.7 Å². The van der Waals surface area contributed by atoms with E-state index in [1.165, 1.54) is 5.56 Å². The molecule has 8 heteroatoms. The number of carbonyl (C=O) groups is 1. The van der Waals surface area contributed by atoms with E-state index in [0.717, 1.165) is 12.0 Å². The summed E-state index contributed by atoms with van der Waals surface area (Å²) in [5.41, 5.74) is 9.14. The van der Waals surface area contributed by atoms with Gasteiger partial charge in [0, 0.05) is 11.6 Å². The van der Waals surface area contributed by atoms with Gasteiger partial charge >= 0.3 is 5.97 Å². The summed E-state index contributed by atoms with van der Waals surface area (Å²) in [7, 11) is 0. The standard InChI is InChI=1S/C33H36N2O6/c1-6-16-38-28-15-10-23(17-30(28)37-7-2)31-26-14-13-25(18-29(26)41-32(35)27(31)19-34)40-33(36)21(5)39-24-11-8-22(9-12-24)20(3)4/h8-15,17-18,20-21,31H,6-7,16,35H2,1-5H3. The molecule has 0 saturated heterocycles. The smallest absolute Gasteiger partial charge is 0.352 e. The molecule has 0 spiro atoms. The Morgan fingerprint density at radius 2 is 1.71 bits per heavy atom. The maximum atomic E-state index is 12.8. The summed E-state index contributed by atoms with van der Waals surface area (Å²) in [4.78, 5) is 12.8. The summed E-state index contributed by atoms with van der Waals surface area (Å²) in [6.45, 7) is 10.8. The molecular formula is C33H36N2O6. The molecule has 2 atom stereocenters. The van der Waals surface area contributed by atoms with Crippen molar-refractivity contribution in [1.82, 2.24) is 0 Å². The number of allylic oxidation sites excluding steroid dienone is 1. The van der Waals surface area contributed by atoms with Crippen molar-refractivity contribution in [1.29, 1.82) is 5.26 Å². The van der Waals surface area contributed by atoms with Gasteiger partial charge in [-0.15, -0.1) is 0 Å². The van der Waals surface area contributed by atoms with Gasteiger partial charge in [-0.25, -0.2) is 4.79 Å². The van der Waals surface area contributed by atoms with Crippen LogP contribution in [0, 0.1) is 11.3 Å². The number of nitriles is 1.